The third kappa shape index (κ3) is 4.48. The van der Waals surface area contributed by atoms with E-state index in [4.69, 9.17) is 0 Å². The SMILES string of the molecule is O=c1c(-c2ccc(OC(F)(F)F)cc2)ccc2n1C[C@H]1C[C@@H]2CN(Cc2cnc3ccccc3c2)C1. The summed E-state index contributed by atoms with van der Waals surface area (Å²) < 4.78 is 43.2. The van der Waals surface area contributed by atoms with Crippen LogP contribution in [0.15, 0.2) is 77.7 Å². The fourth-order valence-electron chi connectivity index (χ4n) is 5.69. The van der Waals surface area contributed by atoms with Gasteiger partial charge in [0.1, 0.15) is 5.75 Å². The van der Waals surface area contributed by atoms with Crippen molar-refractivity contribution in [1.29, 1.82) is 0 Å². The Morgan fingerprint density at radius 1 is 0.972 bits per heavy atom. The molecule has 2 atom stereocenters. The third-order valence-corrected chi connectivity index (χ3v) is 7.13. The number of halogens is 3. The summed E-state index contributed by atoms with van der Waals surface area (Å²) in [4.78, 5) is 20.4. The van der Waals surface area contributed by atoms with Crippen LogP contribution in [0.25, 0.3) is 22.0 Å². The minimum absolute atomic E-state index is 0.0983. The summed E-state index contributed by atoms with van der Waals surface area (Å²) in [6.45, 7) is 3.23. The molecule has 0 radical (unpaired) electrons. The molecule has 0 aliphatic carbocycles. The lowest BCUT2D eigenvalue weighted by Crippen LogP contribution is -2.46. The van der Waals surface area contributed by atoms with Crippen LogP contribution in [0, 0.1) is 5.92 Å². The van der Waals surface area contributed by atoms with E-state index in [1.165, 1.54) is 29.8 Å². The number of hydrogen-bond acceptors (Lipinski definition) is 4. The molecule has 0 N–H and O–H groups in total. The lowest BCUT2D eigenvalue weighted by Gasteiger charge is -2.43. The first-order valence-corrected chi connectivity index (χ1v) is 12.0. The predicted molar refractivity (Wildman–Crippen MR) is 131 cm³/mol. The van der Waals surface area contributed by atoms with Gasteiger partial charge in [-0.3, -0.25) is 14.7 Å². The molecule has 2 aliphatic rings. The summed E-state index contributed by atoms with van der Waals surface area (Å²) in [6.07, 6.45) is -1.75. The summed E-state index contributed by atoms with van der Waals surface area (Å²) in [5, 5.41) is 1.13. The van der Waals surface area contributed by atoms with Crippen molar-refractivity contribution in [3.8, 4) is 16.9 Å². The van der Waals surface area contributed by atoms with Gasteiger partial charge in [-0.15, -0.1) is 13.2 Å². The summed E-state index contributed by atoms with van der Waals surface area (Å²) in [5.74, 6) is 0.316. The lowest BCUT2D eigenvalue weighted by molar-refractivity contribution is -0.274. The number of ether oxygens (including phenoxy) is 1. The molecule has 0 spiro atoms. The van der Waals surface area contributed by atoms with Crippen molar-refractivity contribution in [3.05, 3.63) is 94.5 Å². The van der Waals surface area contributed by atoms with Gasteiger partial charge in [-0.05, 0) is 59.9 Å². The Labute approximate surface area is 205 Å². The Morgan fingerprint density at radius 3 is 2.58 bits per heavy atom. The second-order valence-corrected chi connectivity index (χ2v) is 9.69. The number of likely N-dealkylation sites (tertiary alicyclic amines) is 1. The molecule has 8 heteroatoms. The maximum absolute atomic E-state index is 13.4. The van der Waals surface area contributed by atoms with Crippen molar-refractivity contribution in [1.82, 2.24) is 14.5 Å². The van der Waals surface area contributed by atoms with Crippen LogP contribution < -0.4 is 10.3 Å². The standard InChI is InChI=1S/C28H24F3N3O2/c29-28(30,31)36-23-7-5-20(6-8-23)24-9-10-26-22-12-19(16-34(26)27(24)35)15-33(17-22)14-18-11-21-3-1-2-4-25(21)32-13-18/h1-11,13,19,22H,12,14-17H2/t19-,22+/m0/s1. The normalized spacial score (nSPS) is 19.8. The number of fused-ring (bicyclic) bond motifs is 5. The van der Waals surface area contributed by atoms with Crippen LogP contribution in [0.2, 0.25) is 0 Å². The van der Waals surface area contributed by atoms with Crippen LogP contribution in [0.3, 0.4) is 0 Å². The zero-order valence-electron chi connectivity index (χ0n) is 19.4. The van der Waals surface area contributed by atoms with Gasteiger partial charge in [-0.25, -0.2) is 0 Å². The summed E-state index contributed by atoms with van der Waals surface area (Å²) in [5.41, 5.74) is 4.15. The van der Waals surface area contributed by atoms with Crippen LogP contribution in [0.4, 0.5) is 13.2 Å². The molecule has 2 aromatic carbocycles. The van der Waals surface area contributed by atoms with E-state index in [2.05, 4.69) is 26.8 Å². The van der Waals surface area contributed by atoms with Crippen LogP contribution in [0.5, 0.6) is 5.75 Å². The summed E-state index contributed by atoms with van der Waals surface area (Å²) in [7, 11) is 0. The number of aromatic nitrogens is 2. The summed E-state index contributed by atoms with van der Waals surface area (Å²) >= 11 is 0. The minimum atomic E-state index is -4.75. The highest BCUT2D eigenvalue weighted by Gasteiger charge is 2.35. The molecule has 0 amide bonds. The van der Waals surface area contributed by atoms with E-state index in [0.29, 0.717) is 23.6 Å². The van der Waals surface area contributed by atoms with Gasteiger partial charge < -0.3 is 9.30 Å². The Morgan fingerprint density at radius 2 is 1.78 bits per heavy atom. The van der Waals surface area contributed by atoms with Crippen LogP contribution in [0.1, 0.15) is 23.6 Å². The van der Waals surface area contributed by atoms with Crippen molar-refractivity contribution in [3.63, 3.8) is 0 Å². The molecule has 6 rings (SSSR count). The Kier molecular flexibility index (Phi) is 5.56. The fourth-order valence-corrected chi connectivity index (χ4v) is 5.69. The van der Waals surface area contributed by atoms with E-state index in [-0.39, 0.29) is 17.2 Å². The highest BCUT2D eigenvalue weighted by molar-refractivity contribution is 5.78. The van der Waals surface area contributed by atoms with E-state index >= 15 is 0 Å². The van der Waals surface area contributed by atoms with Gasteiger partial charge in [-0.1, -0.05) is 30.3 Å². The molecule has 184 valence electrons. The molecule has 0 saturated carbocycles. The first-order valence-electron chi connectivity index (χ1n) is 12.0. The molecular weight excluding hydrogens is 467 g/mol. The number of piperidine rings is 1. The lowest BCUT2D eigenvalue weighted by atomic mass is 9.82. The third-order valence-electron chi connectivity index (χ3n) is 7.13. The zero-order valence-corrected chi connectivity index (χ0v) is 19.4. The first kappa shape index (κ1) is 22.8. The monoisotopic (exact) mass is 491 g/mol. The topological polar surface area (TPSA) is 47.4 Å². The molecule has 5 nitrogen and oxygen atoms in total. The van der Waals surface area contributed by atoms with Gasteiger partial charge in [0.2, 0.25) is 0 Å². The maximum Gasteiger partial charge on any atom is 0.573 e. The number of para-hydroxylation sites is 1. The van der Waals surface area contributed by atoms with Crippen molar-refractivity contribution in [2.24, 2.45) is 5.92 Å². The molecular formula is C28H24F3N3O2. The van der Waals surface area contributed by atoms with Crippen molar-refractivity contribution in [2.45, 2.75) is 31.8 Å². The van der Waals surface area contributed by atoms with Crippen LogP contribution >= 0.6 is 0 Å². The van der Waals surface area contributed by atoms with E-state index < -0.39 is 6.36 Å². The highest BCUT2D eigenvalue weighted by atomic mass is 19.4. The second kappa shape index (κ2) is 8.78. The van der Waals surface area contributed by atoms with Gasteiger partial charge in [0, 0.05) is 54.9 Å². The van der Waals surface area contributed by atoms with Gasteiger partial charge in [0.15, 0.2) is 0 Å². The number of rotatable bonds is 4. The minimum Gasteiger partial charge on any atom is -0.406 e. The Bertz CT molecular complexity index is 1480. The molecule has 4 aromatic rings. The number of pyridine rings is 2. The molecule has 2 bridgehead atoms. The zero-order chi connectivity index (χ0) is 24.9. The van der Waals surface area contributed by atoms with Gasteiger partial charge >= 0.3 is 6.36 Å². The van der Waals surface area contributed by atoms with Gasteiger partial charge in [0.05, 0.1) is 5.52 Å². The summed E-state index contributed by atoms with van der Waals surface area (Å²) in [6, 6.07) is 19.5. The van der Waals surface area contributed by atoms with Gasteiger partial charge in [0.25, 0.3) is 5.56 Å². The Hall–Kier alpha value is -3.65. The van der Waals surface area contributed by atoms with Crippen molar-refractivity contribution >= 4 is 10.9 Å². The van der Waals surface area contributed by atoms with Gasteiger partial charge in [-0.2, -0.15) is 0 Å². The Balaban J connectivity index is 1.22. The van der Waals surface area contributed by atoms with Crippen LogP contribution in [-0.4, -0.2) is 33.9 Å². The molecule has 1 fully saturated rings. The average molecular weight is 492 g/mol. The van der Waals surface area contributed by atoms with E-state index in [0.717, 1.165) is 42.7 Å². The first-order chi connectivity index (χ1) is 17.3. The molecule has 4 heterocycles. The average Bonchev–Trinajstić information content (AvgIpc) is 2.84. The molecule has 36 heavy (non-hydrogen) atoms. The number of benzene rings is 2. The van der Waals surface area contributed by atoms with Crippen LogP contribution in [-0.2, 0) is 13.1 Å². The number of alkyl halides is 3. The molecule has 0 unspecified atom stereocenters. The van der Waals surface area contributed by atoms with Crippen molar-refractivity contribution < 1.29 is 17.9 Å². The second-order valence-electron chi connectivity index (χ2n) is 9.69. The van der Waals surface area contributed by atoms with E-state index in [1.807, 2.05) is 35.0 Å². The molecule has 2 aliphatic heterocycles. The van der Waals surface area contributed by atoms with Crippen molar-refractivity contribution in [2.75, 3.05) is 13.1 Å². The fraction of sp³-hybridized carbons (Fsp3) is 0.286. The molecule has 2 aromatic heterocycles. The van der Waals surface area contributed by atoms with E-state index in [1.54, 1.807) is 6.07 Å². The number of nitrogens with zero attached hydrogens (tertiary/aromatic N) is 3. The highest BCUT2D eigenvalue weighted by Crippen LogP contribution is 2.36. The quantitative estimate of drug-likeness (QED) is 0.374. The molecule has 1 saturated heterocycles. The smallest absolute Gasteiger partial charge is 0.406 e. The largest absolute Gasteiger partial charge is 0.573 e. The number of hydrogen-bond donors (Lipinski definition) is 0. The maximum atomic E-state index is 13.4. The van der Waals surface area contributed by atoms with E-state index in [9.17, 15) is 18.0 Å². The predicted octanol–water partition coefficient (Wildman–Crippen LogP) is 5.58.